The molecular formula is C28H40N8O4. The second-order valence-electron chi connectivity index (χ2n) is 11.1. The number of ether oxygens (including phenoxy) is 3. The molecule has 0 bridgehead atoms. The molecule has 12 heteroatoms. The van der Waals surface area contributed by atoms with Crippen LogP contribution in [0.2, 0.25) is 0 Å². The zero-order chi connectivity index (χ0) is 28.4. The molecule has 3 aromatic rings. The van der Waals surface area contributed by atoms with Crippen LogP contribution in [0.25, 0.3) is 11.2 Å². The van der Waals surface area contributed by atoms with Crippen LogP contribution in [0.3, 0.4) is 0 Å². The van der Waals surface area contributed by atoms with Crippen LogP contribution < -0.4 is 16.4 Å². The van der Waals surface area contributed by atoms with Gasteiger partial charge in [0.15, 0.2) is 23.5 Å². The summed E-state index contributed by atoms with van der Waals surface area (Å²) in [6.45, 7) is 12.2. The van der Waals surface area contributed by atoms with Crippen LogP contribution in [0.1, 0.15) is 52.8 Å². The number of aromatic nitrogens is 4. The Morgan fingerprint density at radius 3 is 2.77 bits per heavy atom. The van der Waals surface area contributed by atoms with Crippen LogP contribution in [-0.4, -0.2) is 80.2 Å². The number of nitrogens with two attached hydrogens (primary N) is 1. The Balaban J connectivity index is 1.20. The van der Waals surface area contributed by atoms with Crippen LogP contribution >= 0.6 is 0 Å². The first-order valence-corrected chi connectivity index (χ1v) is 14.0. The fraction of sp³-hybridized carbons (Fsp3) is 0.571. The van der Waals surface area contributed by atoms with Crippen molar-refractivity contribution in [3.8, 4) is 0 Å². The number of nitrogens with one attached hydrogen (secondary N) is 2. The summed E-state index contributed by atoms with van der Waals surface area (Å²) in [7, 11) is 0. The Hall–Kier alpha value is -3.32. The number of urea groups is 1. The summed E-state index contributed by atoms with van der Waals surface area (Å²) >= 11 is 0. The molecule has 1 aromatic carbocycles. The monoisotopic (exact) mass is 552 g/mol. The third-order valence-electron chi connectivity index (χ3n) is 7.43. The van der Waals surface area contributed by atoms with Gasteiger partial charge in [0.05, 0.1) is 6.33 Å². The van der Waals surface area contributed by atoms with Gasteiger partial charge >= 0.3 is 6.03 Å². The number of carbonyl (C=O) groups is 1. The molecule has 12 nitrogen and oxygen atoms in total. The van der Waals surface area contributed by atoms with E-state index < -0.39 is 12.0 Å². The lowest BCUT2D eigenvalue weighted by atomic mass is 10.1. The molecule has 2 aromatic heterocycles. The molecule has 4 atom stereocenters. The lowest BCUT2D eigenvalue weighted by Gasteiger charge is -2.31. The van der Waals surface area contributed by atoms with Gasteiger partial charge < -0.3 is 30.6 Å². The van der Waals surface area contributed by atoms with E-state index in [0.717, 1.165) is 25.1 Å². The molecule has 2 fully saturated rings. The first-order chi connectivity index (χ1) is 19.1. The van der Waals surface area contributed by atoms with E-state index in [1.807, 2.05) is 42.7 Å². The van der Waals surface area contributed by atoms with Gasteiger partial charge in [-0.05, 0) is 58.2 Å². The van der Waals surface area contributed by atoms with Crippen molar-refractivity contribution < 1.29 is 19.0 Å². The Labute approximate surface area is 234 Å². The predicted molar refractivity (Wildman–Crippen MR) is 152 cm³/mol. The Kier molecular flexibility index (Phi) is 8.22. The summed E-state index contributed by atoms with van der Waals surface area (Å²) in [5.74, 6) is -0.419. The second-order valence-corrected chi connectivity index (χ2v) is 11.1. The number of rotatable bonds is 10. The van der Waals surface area contributed by atoms with Crippen molar-refractivity contribution in [2.75, 3.05) is 30.7 Å². The van der Waals surface area contributed by atoms with E-state index in [9.17, 15) is 4.79 Å². The summed E-state index contributed by atoms with van der Waals surface area (Å²) in [4.78, 5) is 27.6. The maximum absolute atomic E-state index is 12.4. The molecule has 0 saturated carbocycles. The zero-order valence-electron chi connectivity index (χ0n) is 23.8. The topological polar surface area (TPSA) is 142 Å². The summed E-state index contributed by atoms with van der Waals surface area (Å²) in [5, 5.41) is 5.88. The third-order valence-corrected chi connectivity index (χ3v) is 7.43. The minimum atomic E-state index is -0.739. The Morgan fingerprint density at radius 1 is 1.20 bits per heavy atom. The van der Waals surface area contributed by atoms with Crippen LogP contribution in [-0.2, 0) is 20.6 Å². The molecule has 2 saturated heterocycles. The highest BCUT2D eigenvalue weighted by Crippen LogP contribution is 2.44. The predicted octanol–water partition coefficient (Wildman–Crippen LogP) is 3.31. The van der Waals surface area contributed by atoms with Gasteiger partial charge in [-0.1, -0.05) is 19.1 Å². The number of fused-ring (bicyclic) bond motifs is 2. The quantitative estimate of drug-likeness (QED) is 0.323. The average molecular weight is 553 g/mol. The highest BCUT2D eigenvalue weighted by Gasteiger charge is 2.56. The number of nitrogen functional groups attached to an aromatic ring is 1. The summed E-state index contributed by atoms with van der Waals surface area (Å²) in [6, 6.07) is 7.95. The summed E-state index contributed by atoms with van der Waals surface area (Å²) < 4.78 is 21.1. The number of imidazole rings is 1. The number of hydrogen-bond donors (Lipinski definition) is 3. The molecule has 2 aliphatic heterocycles. The zero-order valence-corrected chi connectivity index (χ0v) is 23.8. The van der Waals surface area contributed by atoms with Gasteiger partial charge in [-0.2, -0.15) is 0 Å². The number of aryl methyl sites for hydroxylation is 1. The van der Waals surface area contributed by atoms with Gasteiger partial charge in [0.1, 0.15) is 30.2 Å². The number of amides is 2. The van der Waals surface area contributed by atoms with E-state index in [2.05, 4.69) is 51.3 Å². The van der Waals surface area contributed by atoms with Gasteiger partial charge in [0, 0.05) is 31.4 Å². The molecule has 2 amide bonds. The van der Waals surface area contributed by atoms with Crippen LogP contribution in [0, 0.1) is 0 Å². The minimum Gasteiger partial charge on any atom is -0.382 e. The lowest BCUT2D eigenvalue weighted by Crippen LogP contribution is -2.44. The number of carbonyl (C=O) groups excluding carboxylic acids is 1. The number of nitrogens with zero attached hydrogens (tertiary/aromatic N) is 5. The van der Waals surface area contributed by atoms with Crippen molar-refractivity contribution in [2.45, 2.75) is 83.8 Å². The van der Waals surface area contributed by atoms with E-state index in [4.69, 9.17) is 19.9 Å². The maximum atomic E-state index is 12.4. The first kappa shape index (κ1) is 28.2. The van der Waals surface area contributed by atoms with Crippen molar-refractivity contribution in [2.24, 2.45) is 0 Å². The fourth-order valence-electron chi connectivity index (χ4n) is 5.41. The number of anilines is 2. The second kappa shape index (κ2) is 11.7. The molecule has 5 rings (SSSR count). The molecule has 2 aliphatic rings. The molecule has 0 spiro atoms. The van der Waals surface area contributed by atoms with E-state index in [-0.39, 0.29) is 30.4 Å². The molecule has 4 heterocycles. The van der Waals surface area contributed by atoms with E-state index >= 15 is 0 Å². The largest absolute Gasteiger partial charge is 0.382 e. The van der Waals surface area contributed by atoms with Gasteiger partial charge in [-0.25, -0.2) is 19.7 Å². The van der Waals surface area contributed by atoms with Gasteiger partial charge in [-0.15, -0.1) is 0 Å². The van der Waals surface area contributed by atoms with Crippen molar-refractivity contribution in [3.63, 3.8) is 0 Å². The molecular weight excluding hydrogens is 512 g/mol. The first-order valence-electron chi connectivity index (χ1n) is 14.0. The van der Waals surface area contributed by atoms with Gasteiger partial charge in [0.2, 0.25) is 0 Å². The average Bonchev–Trinajstić information content (AvgIpc) is 3.57. The number of hydrogen-bond acceptors (Lipinski definition) is 9. The SMILES string of the molecule is CCc1cccc(NC(=O)NCCCN(C[C@H]2O[C@@H](n3cnc4c(N)ncnc43)C3OC(C)(C)O[C@@H]32)C(C)C)c1. The molecule has 1 unspecified atom stereocenters. The highest BCUT2D eigenvalue weighted by atomic mass is 16.8. The Morgan fingerprint density at radius 2 is 2.00 bits per heavy atom. The smallest absolute Gasteiger partial charge is 0.319 e. The van der Waals surface area contributed by atoms with E-state index in [0.29, 0.717) is 30.1 Å². The van der Waals surface area contributed by atoms with E-state index in [1.165, 1.54) is 11.9 Å². The summed E-state index contributed by atoms with van der Waals surface area (Å²) in [5.41, 5.74) is 9.11. The van der Waals surface area contributed by atoms with Gasteiger partial charge in [0.25, 0.3) is 0 Å². The molecule has 0 aliphatic carbocycles. The molecule has 0 radical (unpaired) electrons. The van der Waals surface area contributed by atoms with Crippen molar-refractivity contribution in [3.05, 3.63) is 42.5 Å². The van der Waals surface area contributed by atoms with E-state index in [1.54, 1.807) is 6.33 Å². The van der Waals surface area contributed by atoms with Crippen molar-refractivity contribution in [1.82, 2.24) is 29.7 Å². The number of benzene rings is 1. The normalized spacial score (nSPS) is 23.7. The summed E-state index contributed by atoms with van der Waals surface area (Å²) in [6.07, 6.45) is 3.50. The molecule has 4 N–H and O–H groups in total. The van der Waals surface area contributed by atoms with Crippen LogP contribution in [0.4, 0.5) is 16.3 Å². The lowest BCUT2D eigenvalue weighted by molar-refractivity contribution is -0.198. The minimum absolute atomic E-state index is 0.204. The van der Waals surface area contributed by atoms with Crippen molar-refractivity contribution >= 4 is 28.7 Å². The maximum Gasteiger partial charge on any atom is 0.319 e. The van der Waals surface area contributed by atoms with Crippen molar-refractivity contribution in [1.29, 1.82) is 0 Å². The molecule has 216 valence electrons. The fourth-order valence-corrected chi connectivity index (χ4v) is 5.41. The molecule has 40 heavy (non-hydrogen) atoms. The van der Waals surface area contributed by atoms with Crippen LogP contribution in [0.15, 0.2) is 36.9 Å². The highest BCUT2D eigenvalue weighted by molar-refractivity contribution is 5.89. The third kappa shape index (κ3) is 6.04. The Bertz CT molecular complexity index is 1330. The standard InChI is InChI=1S/C28H40N8O4/c1-6-18-9-7-10-19(13-18)34-27(37)30-11-8-12-35(17(2)3)14-20-22-23(40-28(4,5)39-22)26(38-20)36-16-33-21-24(29)31-15-32-25(21)36/h7,9-10,13,15-17,20,22-23,26H,6,8,11-12,14H2,1-5H3,(H2,29,31,32)(H2,30,34,37)/t20-,22-,23?,26-/m1/s1. The van der Waals surface area contributed by atoms with Crippen LogP contribution in [0.5, 0.6) is 0 Å². The van der Waals surface area contributed by atoms with Gasteiger partial charge in [-0.3, -0.25) is 9.47 Å².